The Labute approximate surface area is 187 Å². The Morgan fingerprint density at radius 3 is 2.56 bits per heavy atom. The van der Waals surface area contributed by atoms with Gasteiger partial charge < -0.3 is 4.52 Å². The van der Waals surface area contributed by atoms with Crippen LogP contribution in [0.1, 0.15) is 27.4 Å². The number of anilines is 1. The monoisotopic (exact) mass is 470 g/mol. The molecule has 4 aromatic rings. The number of carbonyl (C=O) groups is 1. The number of nitrogens with one attached hydrogen (secondary N) is 2. The fourth-order valence-corrected chi connectivity index (χ4v) is 4.64. The molecule has 0 unspecified atom stereocenters. The summed E-state index contributed by atoms with van der Waals surface area (Å²) in [6, 6.07) is 14.6. The topological polar surface area (TPSA) is 140 Å². The molecule has 0 radical (unpaired) electrons. The largest absolute Gasteiger partial charge is 0.338 e. The lowest BCUT2D eigenvalue weighted by molar-refractivity contribution is 0.102. The van der Waals surface area contributed by atoms with Crippen LogP contribution in [0.5, 0.6) is 0 Å². The second-order valence-corrected chi connectivity index (χ2v) is 9.76. The van der Waals surface area contributed by atoms with Crippen molar-refractivity contribution in [3.63, 3.8) is 0 Å². The fourth-order valence-electron chi connectivity index (χ4n) is 2.73. The molecule has 2 aromatic heterocycles. The molecule has 2 heterocycles. The first kappa shape index (κ1) is 21.7. The van der Waals surface area contributed by atoms with E-state index in [9.17, 15) is 13.2 Å². The Morgan fingerprint density at radius 1 is 1.06 bits per heavy atom. The molecule has 0 spiro atoms. The average molecular weight is 471 g/mol. The molecule has 0 atom stereocenters. The van der Waals surface area contributed by atoms with E-state index in [2.05, 4.69) is 30.4 Å². The number of amides is 1. The molecule has 0 fully saturated rings. The number of hydrogen-bond acceptors (Lipinski definition) is 9. The van der Waals surface area contributed by atoms with Crippen LogP contribution in [0.3, 0.4) is 0 Å². The van der Waals surface area contributed by atoms with E-state index in [4.69, 9.17) is 4.52 Å². The first-order valence-electron chi connectivity index (χ1n) is 9.41. The molecule has 32 heavy (non-hydrogen) atoms. The van der Waals surface area contributed by atoms with Crippen LogP contribution in [0.4, 0.5) is 5.13 Å². The number of hydrogen-bond donors (Lipinski definition) is 2. The lowest BCUT2D eigenvalue weighted by atomic mass is 10.1. The van der Waals surface area contributed by atoms with E-state index in [1.165, 1.54) is 0 Å². The van der Waals surface area contributed by atoms with Crippen LogP contribution in [0.2, 0.25) is 0 Å². The number of aryl methyl sites for hydroxylation is 2. The molecule has 10 nitrogen and oxygen atoms in total. The summed E-state index contributed by atoms with van der Waals surface area (Å²) in [6.45, 7) is 3.55. The molecule has 4 rings (SSSR count). The molecule has 0 saturated heterocycles. The van der Waals surface area contributed by atoms with E-state index in [0.717, 1.165) is 28.0 Å². The lowest BCUT2D eigenvalue weighted by Gasteiger charge is -2.04. The van der Waals surface area contributed by atoms with Gasteiger partial charge >= 0.3 is 0 Å². The molecule has 0 aliphatic rings. The zero-order chi connectivity index (χ0) is 22.7. The van der Waals surface area contributed by atoms with Crippen LogP contribution in [0.15, 0.2) is 57.4 Å². The second kappa shape index (κ2) is 8.94. The third-order valence-electron chi connectivity index (χ3n) is 4.44. The number of rotatable bonds is 7. The van der Waals surface area contributed by atoms with Crippen LogP contribution in [0, 0.1) is 13.8 Å². The van der Waals surface area contributed by atoms with Crippen molar-refractivity contribution in [3.05, 3.63) is 71.1 Å². The predicted molar refractivity (Wildman–Crippen MR) is 118 cm³/mol. The van der Waals surface area contributed by atoms with E-state index in [-0.39, 0.29) is 21.9 Å². The molecule has 0 aliphatic heterocycles. The molecule has 12 heteroatoms. The number of aromatic nitrogens is 4. The first-order valence-corrected chi connectivity index (χ1v) is 11.7. The summed E-state index contributed by atoms with van der Waals surface area (Å²) in [6.07, 6.45) is 0. The zero-order valence-corrected chi connectivity index (χ0v) is 18.7. The maximum absolute atomic E-state index is 12.5. The van der Waals surface area contributed by atoms with Crippen molar-refractivity contribution < 1.29 is 17.7 Å². The van der Waals surface area contributed by atoms with Crippen LogP contribution < -0.4 is 10.0 Å². The van der Waals surface area contributed by atoms with Crippen molar-refractivity contribution in [2.45, 2.75) is 24.7 Å². The summed E-state index contributed by atoms with van der Waals surface area (Å²) in [5.74, 6) is 0.0590. The van der Waals surface area contributed by atoms with Crippen molar-refractivity contribution in [3.8, 4) is 11.4 Å². The van der Waals surface area contributed by atoms with Gasteiger partial charge in [-0.2, -0.15) is 9.71 Å². The Morgan fingerprint density at radius 2 is 1.81 bits per heavy atom. The Bertz CT molecular complexity index is 1360. The maximum Gasteiger partial charge on any atom is 0.270 e. The van der Waals surface area contributed by atoms with Gasteiger partial charge in [0, 0.05) is 11.1 Å². The summed E-state index contributed by atoms with van der Waals surface area (Å²) in [5.41, 5.74) is 3.10. The van der Waals surface area contributed by atoms with Crippen LogP contribution in [-0.2, 0) is 16.6 Å². The van der Waals surface area contributed by atoms with Crippen molar-refractivity contribution in [1.82, 2.24) is 25.1 Å². The van der Waals surface area contributed by atoms with Gasteiger partial charge in [-0.25, -0.2) is 8.42 Å². The van der Waals surface area contributed by atoms with Gasteiger partial charge in [0.15, 0.2) is 0 Å². The summed E-state index contributed by atoms with van der Waals surface area (Å²) in [5, 5.41) is 13.9. The molecule has 0 saturated carbocycles. The number of benzene rings is 2. The molecule has 1 amide bonds. The normalized spacial score (nSPS) is 11.4. The minimum Gasteiger partial charge on any atom is -0.338 e. The minimum absolute atomic E-state index is 0.0677. The van der Waals surface area contributed by atoms with Gasteiger partial charge in [-0.05, 0) is 25.5 Å². The molecule has 164 valence electrons. The fraction of sp³-hybridized carbons (Fsp3) is 0.150. The van der Waals surface area contributed by atoms with Crippen molar-refractivity contribution in [2.24, 2.45) is 0 Å². The van der Waals surface area contributed by atoms with Gasteiger partial charge in [0.05, 0.1) is 6.54 Å². The van der Waals surface area contributed by atoms with Gasteiger partial charge in [-0.3, -0.25) is 10.1 Å². The third-order valence-corrected chi connectivity index (χ3v) is 7.05. The molecule has 2 N–H and O–H groups in total. The van der Waals surface area contributed by atoms with Crippen LogP contribution in [0.25, 0.3) is 11.4 Å². The van der Waals surface area contributed by atoms with Crippen molar-refractivity contribution in [2.75, 3.05) is 5.32 Å². The highest BCUT2D eigenvalue weighted by Gasteiger charge is 2.22. The van der Waals surface area contributed by atoms with E-state index >= 15 is 0 Å². The Kier molecular flexibility index (Phi) is 6.08. The first-order chi connectivity index (χ1) is 15.3. The van der Waals surface area contributed by atoms with Gasteiger partial charge in [-0.15, -0.1) is 10.2 Å². The lowest BCUT2D eigenvalue weighted by Crippen LogP contribution is -2.23. The van der Waals surface area contributed by atoms with E-state index in [0.29, 0.717) is 11.4 Å². The van der Waals surface area contributed by atoms with E-state index in [1.807, 2.05) is 37.3 Å². The minimum atomic E-state index is -3.99. The summed E-state index contributed by atoms with van der Waals surface area (Å²) < 4.78 is 32.2. The highest BCUT2D eigenvalue weighted by atomic mass is 32.2. The van der Waals surface area contributed by atoms with Crippen molar-refractivity contribution >= 4 is 32.4 Å². The molecular formula is C20H18N6O4S2. The summed E-state index contributed by atoms with van der Waals surface area (Å²) >= 11 is 0.736. The van der Waals surface area contributed by atoms with E-state index in [1.54, 1.807) is 25.1 Å². The molecule has 0 bridgehead atoms. The maximum atomic E-state index is 12.5. The quantitative estimate of drug-likeness (QED) is 0.393. The molecule has 0 aliphatic carbocycles. The van der Waals surface area contributed by atoms with Gasteiger partial charge in [0.2, 0.25) is 21.2 Å². The van der Waals surface area contributed by atoms with Crippen LogP contribution in [-0.4, -0.2) is 34.7 Å². The summed E-state index contributed by atoms with van der Waals surface area (Å²) in [4.78, 5) is 16.6. The second-order valence-electron chi connectivity index (χ2n) is 6.84. The Hall–Kier alpha value is -3.48. The standard InChI is InChI=1S/C20H18N6O4S2/c1-12-7-9-14(10-8-12)17-22-16(30-26-17)11-21-32(28,29)20-25-24-19(31-20)23-18(27)15-6-4-3-5-13(15)2/h3-10,21H,11H2,1-2H3,(H,23,24,27). The number of nitrogens with zero attached hydrogens (tertiary/aromatic N) is 4. The van der Waals surface area contributed by atoms with E-state index < -0.39 is 15.9 Å². The smallest absolute Gasteiger partial charge is 0.270 e. The van der Waals surface area contributed by atoms with Gasteiger partial charge in [-0.1, -0.05) is 64.5 Å². The average Bonchev–Trinajstić information content (AvgIpc) is 3.43. The number of sulfonamides is 1. The van der Waals surface area contributed by atoms with Crippen LogP contribution >= 0.6 is 11.3 Å². The van der Waals surface area contributed by atoms with Crippen molar-refractivity contribution in [1.29, 1.82) is 0 Å². The number of carbonyl (C=O) groups excluding carboxylic acids is 1. The zero-order valence-electron chi connectivity index (χ0n) is 17.1. The van der Waals surface area contributed by atoms with Gasteiger partial charge in [0.25, 0.3) is 15.9 Å². The highest BCUT2D eigenvalue weighted by Crippen LogP contribution is 2.21. The SMILES string of the molecule is Cc1ccc(-c2noc(CNS(=O)(=O)c3nnc(NC(=O)c4ccccc4C)s3)n2)cc1. The predicted octanol–water partition coefficient (Wildman–Crippen LogP) is 2.94. The highest BCUT2D eigenvalue weighted by molar-refractivity contribution is 7.91. The Balaban J connectivity index is 1.40. The molecular weight excluding hydrogens is 452 g/mol. The third kappa shape index (κ3) is 4.88. The summed E-state index contributed by atoms with van der Waals surface area (Å²) in [7, 11) is -3.99. The van der Waals surface area contributed by atoms with Gasteiger partial charge in [0.1, 0.15) is 0 Å². The molecule has 2 aromatic carbocycles.